The van der Waals surface area contributed by atoms with Crippen molar-refractivity contribution in [2.24, 2.45) is 0 Å². The van der Waals surface area contributed by atoms with E-state index in [2.05, 4.69) is 0 Å². The Morgan fingerprint density at radius 2 is 1.89 bits per heavy atom. The molecule has 1 aliphatic heterocycles. The van der Waals surface area contributed by atoms with Crippen molar-refractivity contribution < 1.29 is 14.7 Å². The molecule has 102 valence electrons. The minimum atomic E-state index is -0.872. The molecule has 1 saturated carbocycles. The number of rotatable bonds is 3. The molecule has 2 fully saturated rings. The van der Waals surface area contributed by atoms with Crippen LogP contribution in [0.4, 0.5) is 4.79 Å². The molecule has 2 rings (SSSR count). The van der Waals surface area contributed by atoms with Gasteiger partial charge < -0.3 is 14.9 Å². The standard InChI is InChI=1S/C13H22N2O3/c1-2-14(10-6-3-4-7-10)13(18)15-9-5-8-11(15)12(16)17/h10-11H,2-9H2,1H3,(H,16,17). The molecule has 0 aromatic heterocycles. The van der Waals surface area contributed by atoms with Gasteiger partial charge in [0, 0.05) is 19.1 Å². The zero-order valence-electron chi connectivity index (χ0n) is 11.0. The highest BCUT2D eigenvalue weighted by molar-refractivity contribution is 5.83. The van der Waals surface area contributed by atoms with Gasteiger partial charge in [-0.2, -0.15) is 0 Å². The smallest absolute Gasteiger partial charge is 0.326 e. The highest BCUT2D eigenvalue weighted by atomic mass is 16.4. The van der Waals surface area contributed by atoms with Crippen LogP contribution < -0.4 is 0 Å². The molecule has 5 heteroatoms. The van der Waals surface area contributed by atoms with Crippen LogP contribution in [0.1, 0.15) is 45.4 Å². The van der Waals surface area contributed by atoms with Crippen LogP contribution in [0.15, 0.2) is 0 Å². The Hall–Kier alpha value is -1.26. The van der Waals surface area contributed by atoms with E-state index < -0.39 is 12.0 Å². The summed E-state index contributed by atoms with van der Waals surface area (Å²) in [5.41, 5.74) is 0. The molecule has 0 aromatic carbocycles. The molecular weight excluding hydrogens is 232 g/mol. The van der Waals surface area contributed by atoms with E-state index in [4.69, 9.17) is 5.11 Å². The monoisotopic (exact) mass is 254 g/mol. The van der Waals surface area contributed by atoms with Gasteiger partial charge in [-0.15, -0.1) is 0 Å². The highest BCUT2D eigenvalue weighted by Gasteiger charge is 2.38. The molecule has 0 spiro atoms. The molecule has 1 saturated heterocycles. The van der Waals surface area contributed by atoms with Crippen molar-refractivity contribution in [1.82, 2.24) is 9.80 Å². The summed E-state index contributed by atoms with van der Waals surface area (Å²) in [5, 5.41) is 9.14. The Balaban J connectivity index is 2.06. The summed E-state index contributed by atoms with van der Waals surface area (Å²) in [6, 6.07) is -0.375. The van der Waals surface area contributed by atoms with Crippen molar-refractivity contribution in [2.45, 2.75) is 57.5 Å². The van der Waals surface area contributed by atoms with E-state index in [1.54, 1.807) is 4.90 Å². The fourth-order valence-electron chi connectivity index (χ4n) is 3.18. The molecule has 0 bridgehead atoms. The zero-order chi connectivity index (χ0) is 13.1. The lowest BCUT2D eigenvalue weighted by Gasteiger charge is -2.33. The summed E-state index contributed by atoms with van der Waals surface area (Å²) < 4.78 is 0. The van der Waals surface area contributed by atoms with E-state index in [-0.39, 0.29) is 6.03 Å². The lowest BCUT2D eigenvalue weighted by atomic mass is 10.2. The molecule has 2 aliphatic rings. The average Bonchev–Trinajstić information content (AvgIpc) is 3.00. The fourth-order valence-corrected chi connectivity index (χ4v) is 3.18. The number of amides is 2. The first-order valence-electron chi connectivity index (χ1n) is 6.95. The maximum absolute atomic E-state index is 12.5. The zero-order valence-corrected chi connectivity index (χ0v) is 11.0. The number of carboxylic acids is 1. The van der Waals surface area contributed by atoms with Crippen molar-refractivity contribution in [2.75, 3.05) is 13.1 Å². The van der Waals surface area contributed by atoms with Gasteiger partial charge in [-0.25, -0.2) is 9.59 Å². The molecule has 18 heavy (non-hydrogen) atoms. The minimum Gasteiger partial charge on any atom is -0.480 e. The topological polar surface area (TPSA) is 60.9 Å². The van der Waals surface area contributed by atoms with Gasteiger partial charge in [0.1, 0.15) is 6.04 Å². The van der Waals surface area contributed by atoms with Gasteiger partial charge in [-0.05, 0) is 32.6 Å². The predicted octanol–water partition coefficient (Wildman–Crippen LogP) is 1.92. The molecule has 5 nitrogen and oxygen atoms in total. The first-order valence-corrected chi connectivity index (χ1v) is 6.95. The molecule has 1 aliphatic carbocycles. The van der Waals surface area contributed by atoms with Crippen molar-refractivity contribution in [1.29, 1.82) is 0 Å². The number of carbonyl (C=O) groups excluding carboxylic acids is 1. The molecule has 1 N–H and O–H groups in total. The predicted molar refractivity (Wildman–Crippen MR) is 67.4 cm³/mol. The maximum Gasteiger partial charge on any atom is 0.326 e. The van der Waals surface area contributed by atoms with E-state index in [0.717, 1.165) is 19.3 Å². The lowest BCUT2D eigenvalue weighted by molar-refractivity contribution is -0.141. The Morgan fingerprint density at radius 1 is 1.22 bits per heavy atom. The van der Waals surface area contributed by atoms with Gasteiger partial charge in [0.25, 0.3) is 0 Å². The van der Waals surface area contributed by atoms with Crippen molar-refractivity contribution >= 4 is 12.0 Å². The second-order valence-electron chi connectivity index (χ2n) is 5.20. The maximum atomic E-state index is 12.5. The number of carboxylic acid groups (broad SMARTS) is 1. The third kappa shape index (κ3) is 2.44. The van der Waals surface area contributed by atoms with Crippen LogP contribution in [0, 0.1) is 0 Å². The highest BCUT2D eigenvalue weighted by Crippen LogP contribution is 2.26. The van der Waals surface area contributed by atoms with Crippen LogP contribution >= 0.6 is 0 Å². The number of carbonyl (C=O) groups is 2. The van der Waals surface area contributed by atoms with E-state index >= 15 is 0 Å². The quantitative estimate of drug-likeness (QED) is 0.837. The van der Waals surface area contributed by atoms with Gasteiger partial charge >= 0.3 is 12.0 Å². The first-order chi connectivity index (χ1) is 8.65. The summed E-state index contributed by atoms with van der Waals surface area (Å²) >= 11 is 0. The van der Waals surface area contributed by atoms with Gasteiger partial charge in [-0.1, -0.05) is 12.8 Å². The van der Waals surface area contributed by atoms with Crippen molar-refractivity contribution in [3.63, 3.8) is 0 Å². The van der Waals surface area contributed by atoms with E-state index in [1.807, 2.05) is 11.8 Å². The third-order valence-corrected chi connectivity index (χ3v) is 4.14. The first kappa shape index (κ1) is 13.2. The van der Waals surface area contributed by atoms with Gasteiger partial charge in [0.2, 0.25) is 0 Å². The second-order valence-corrected chi connectivity index (χ2v) is 5.20. The average molecular weight is 254 g/mol. The summed E-state index contributed by atoms with van der Waals surface area (Å²) in [5.74, 6) is -0.872. The summed E-state index contributed by atoms with van der Waals surface area (Å²) in [7, 11) is 0. The Kier molecular flexibility index (Phi) is 4.09. The SMILES string of the molecule is CCN(C(=O)N1CCCC1C(=O)O)C1CCCC1. The minimum absolute atomic E-state index is 0.0747. The molecule has 2 amide bonds. The number of urea groups is 1. The van der Waals surface area contributed by atoms with Crippen molar-refractivity contribution in [3.05, 3.63) is 0 Å². The van der Waals surface area contributed by atoms with E-state index in [0.29, 0.717) is 25.6 Å². The number of hydrogen-bond donors (Lipinski definition) is 1. The number of nitrogens with zero attached hydrogens (tertiary/aromatic N) is 2. The van der Waals surface area contributed by atoms with Crippen LogP contribution in [0.25, 0.3) is 0 Å². The fraction of sp³-hybridized carbons (Fsp3) is 0.846. The molecule has 0 aromatic rings. The molecule has 1 unspecified atom stereocenters. The summed E-state index contributed by atoms with van der Waals surface area (Å²) in [6.07, 6.45) is 5.86. The second kappa shape index (κ2) is 5.59. The van der Waals surface area contributed by atoms with Gasteiger partial charge in [-0.3, -0.25) is 0 Å². The number of likely N-dealkylation sites (tertiary alicyclic amines) is 1. The lowest BCUT2D eigenvalue weighted by Crippen LogP contribution is -2.50. The Morgan fingerprint density at radius 3 is 2.44 bits per heavy atom. The summed E-state index contributed by atoms with van der Waals surface area (Å²) in [6.45, 7) is 3.23. The van der Waals surface area contributed by atoms with Crippen LogP contribution in [0.5, 0.6) is 0 Å². The Bertz CT molecular complexity index is 326. The largest absolute Gasteiger partial charge is 0.480 e. The third-order valence-electron chi connectivity index (χ3n) is 4.14. The van der Waals surface area contributed by atoms with E-state index in [1.165, 1.54) is 12.8 Å². The summed E-state index contributed by atoms with van der Waals surface area (Å²) in [4.78, 5) is 27.0. The van der Waals surface area contributed by atoms with Crippen LogP contribution in [-0.4, -0.2) is 52.1 Å². The number of aliphatic carboxylic acids is 1. The molecule has 0 radical (unpaired) electrons. The van der Waals surface area contributed by atoms with Crippen LogP contribution in [0.3, 0.4) is 0 Å². The normalized spacial score (nSPS) is 24.5. The van der Waals surface area contributed by atoms with Gasteiger partial charge in [0.05, 0.1) is 0 Å². The molecule has 1 heterocycles. The Labute approximate surface area is 108 Å². The molecule has 1 atom stereocenters. The van der Waals surface area contributed by atoms with Crippen LogP contribution in [0.2, 0.25) is 0 Å². The number of hydrogen-bond acceptors (Lipinski definition) is 2. The van der Waals surface area contributed by atoms with Gasteiger partial charge in [0.15, 0.2) is 0 Å². The van der Waals surface area contributed by atoms with E-state index in [9.17, 15) is 9.59 Å². The molecular formula is C13H22N2O3. The van der Waals surface area contributed by atoms with Crippen LogP contribution in [-0.2, 0) is 4.79 Å². The van der Waals surface area contributed by atoms with Crippen molar-refractivity contribution in [3.8, 4) is 0 Å².